The Balaban J connectivity index is 1.42. The highest BCUT2D eigenvalue weighted by atomic mass is 35.5. The Bertz CT molecular complexity index is 1270. The number of rotatable bonds is 7. The van der Waals surface area contributed by atoms with E-state index in [1.165, 1.54) is 0 Å². The smallest absolute Gasteiger partial charge is 0.248 e. The Labute approximate surface area is 186 Å². The van der Waals surface area contributed by atoms with Crippen LogP contribution in [0.25, 0.3) is 17.0 Å². The van der Waals surface area contributed by atoms with Crippen molar-refractivity contribution in [1.29, 1.82) is 0 Å². The number of benzene rings is 3. The maximum Gasteiger partial charge on any atom is 0.248 e. The summed E-state index contributed by atoms with van der Waals surface area (Å²) in [6.07, 6.45) is 4.63. The summed E-state index contributed by atoms with van der Waals surface area (Å²) in [5, 5.41) is 1.70. The second kappa shape index (κ2) is 9.45. The summed E-state index contributed by atoms with van der Waals surface area (Å²) < 4.78 is 5.94. The van der Waals surface area contributed by atoms with Crippen molar-refractivity contribution in [2.45, 2.75) is 13.0 Å². The number of hydrogen-bond acceptors (Lipinski definition) is 3. The number of carbonyl (C=O) groups excluding carboxylic acids is 1. The zero-order valence-electron chi connectivity index (χ0n) is 16.8. The minimum atomic E-state index is -0.413. The summed E-state index contributed by atoms with van der Waals surface area (Å²) in [6.45, 7) is 0.363. The summed E-state index contributed by atoms with van der Waals surface area (Å²) in [6, 6.07) is 24.8. The van der Waals surface area contributed by atoms with Crippen LogP contribution in [0.1, 0.15) is 27.2 Å². The van der Waals surface area contributed by atoms with Crippen molar-refractivity contribution >= 4 is 34.5 Å². The number of amides is 1. The predicted molar refractivity (Wildman–Crippen MR) is 125 cm³/mol. The van der Waals surface area contributed by atoms with Crippen LogP contribution in [0.5, 0.6) is 5.75 Å². The van der Waals surface area contributed by atoms with Crippen molar-refractivity contribution < 1.29 is 9.53 Å². The van der Waals surface area contributed by atoms with Crippen LogP contribution in [0.15, 0.2) is 84.9 Å². The minimum absolute atomic E-state index is 0.363. The van der Waals surface area contributed by atoms with E-state index in [2.05, 4.69) is 4.98 Å². The molecule has 2 N–H and O–H groups in total. The molecule has 31 heavy (non-hydrogen) atoms. The number of carbonyl (C=O) groups is 1. The highest BCUT2D eigenvalue weighted by molar-refractivity contribution is 6.31. The fourth-order valence-corrected chi connectivity index (χ4v) is 3.51. The van der Waals surface area contributed by atoms with Crippen molar-refractivity contribution in [3.8, 4) is 5.75 Å². The lowest BCUT2D eigenvalue weighted by molar-refractivity contribution is 0.0999. The molecule has 0 aliphatic rings. The van der Waals surface area contributed by atoms with Crippen molar-refractivity contribution in [1.82, 2.24) is 4.98 Å². The number of aromatic nitrogens is 1. The lowest BCUT2D eigenvalue weighted by Crippen LogP contribution is -2.13. The number of nitrogens with zero attached hydrogens (tertiary/aromatic N) is 1. The summed E-state index contributed by atoms with van der Waals surface area (Å²) in [5.41, 5.74) is 9.59. The van der Waals surface area contributed by atoms with E-state index in [0.717, 1.165) is 33.5 Å². The van der Waals surface area contributed by atoms with Gasteiger partial charge in [0.05, 0.1) is 11.2 Å². The topological polar surface area (TPSA) is 65.2 Å². The normalized spacial score (nSPS) is 11.1. The first-order valence-corrected chi connectivity index (χ1v) is 10.3. The fourth-order valence-electron chi connectivity index (χ4n) is 3.34. The molecule has 5 heteroatoms. The molecule has 0 bridgehead atoms. The molecule has 0 unspecified atom stereocenters. The van der Waals surface area contributed by atoms with Crippen LogP contribution in [0, 0.1) is 0 Å². The molecule has 0 fully saturated rings. The predicted octanol–water partition coefficient (Wildman–Crippen LogP) is 5.82. The minimum Gasteiger partial charge on any atom is -0.487 e. The van der Waals surface area contributed by atoms with Gasteiger partial charge in [-0.3, -0.25) is 4.79 Å². The summed E-state index contributed by atoms with van der Waals surface area (Å²) in [7, 11) is 0. The quantitative estimate of drug-likeness (QED) is 0.403. The maximum atomic E-state index is 11.5. The van der Waals surface area contributed by atoms with Crippen molar-refractivity contribution in [3.63, 3.8) is 0 Å². The Morgan fingerprint density at radius 2 is 1.84 bits per heavy atom. The van der Waals surface area contributed by atoms with Gasteiger partial charge >= 0.3 is 0 Å². The van der Waals surface area contributed by atoms with Crippen LogP contribution < -0.4 is 10.5 Å². The van der Waals surface area contributed by atoms with E-state index in [1.54, 1.807) is 6.07 Å². The van der Waals surface area contributed by atoms with E-state index in [9.17, 15) is 4.79 Å². The van der Waals surface area contributed by atoms with Crippen LogP contribution in [0.4, 0.5) is 0 Å². The van der Waals surface area contributed by atoms with Gasteiger partial charge in [-0.05, 0) is 53.9 Å². The van der Waals surface area contributed by atoms with Crippen LogP contribution >= 0.6 is 11.6 Å². The average Bonchev–Trinajstić information content (AvgIpc) is 2.78. The molecular formula is C26H21ClN2O2. The van der Waals surface area contributed by atoms with Crippen LogP contribution in [0.3, 0.4) is 0 Å². The van der Waals surface area contributed by atoms with Crippen molar-refractivity contribution in [3.05, 3.63) is 112 Å². The molecule has 154 valence electrons. The zero-order valence-corrected chi connectivity index (χ0v) is 17.5. The Hall–Kier alpha value is -3.63. The van der Waals surface area contributed by atoms with Gasteiger partial charge in [0, 0.05) is 16.0 Å². The highest BCUT2D eigenvalue weighted by Gasteiger charge is 2.05. The van der Waals surface area contributed by atoms with Crippen LogP contribution in [0.2, 0.25) is 5.02 Å². The van der Waals surface area contributed by atoms with E-state index < -0.39 is 5.91 Å². The molecule has 1 amide bonds. The molecule has 0 radical (unpaired) electrons. The van der Waals surface area contributed by atoms with Crippen molar-refractivity contribution in [2.24, 2.45) is 5.73 Å². The second-order valence-corrected chi connectivity index (χ2v) is 7.57. The van der Waals surface area contributed by atoms with Gasteiger partial charge in [0.1, 0.15) is 12.4 Å². The number of halogens is 1. The second-order valence-electron chi connectivity index (χ2n) is 7.13. The number of primary amides is 1. The third kappa shape index (κ3) is 5.30. The van der Waals surface area contributed by atoms with E-state index in [4.69, 9.17) is 22.1 Å². The van der Waals surface area contributed by atoms with Gasteiger partial charge in [-0.25, -0.2) is 4.98 Å². The number of hydrogen-bond donors (Lipinski definition) is 1. The van der Waals surface area contributed by atoms with Crippen molar-refractivity contribution in [2.75, 3.05) is 0 Å². The maximum absolute atomic E-state index is 11.5. The fraction of sp³-hybridized carbons (Fsp3) is 0.0769. The Kier molecular flexibility index (Phi) is 6.29. The third-order valence-corrected chi connectivity index (χ3v) is 5.12. The number of allylic oxidation sites excluding steroid dienone is 1. The standard InChI is InChI=1S/C26H21ClN2O2/c27-21-13-11-20-12-14-22(29-25(20)16-21)17-31-23-9-4-6-18(15-23)5-3-8-19-7-1-2-10-24(19)26(28)30/h1-7,9-16H,8,17H2,(H2,28,30). The third-order valence-electron chi connectivity index (χ3n) is 4.89. The molecule has 0 spiro atoms. The van der Waals surface area contributed by atoms with E-state index in [0.29, 0.717) is 23.6 Å². The van der Waals surface area contributed by atoms with Gasteiger partial charge in [0.15, 0.2) is 0 Å². The molecule has 4 aromatic rings. The summed E-state index contributed by atoms with van der Waals surface area (Å²) in [4.78, 5) is 16.2. The van der Waals surface area contributed by atoms with Gasteiger partial charge in [0.2, 0.25) is 5.91 Å². The molecule has 0 saturated heterocycles. The lowest BCUT2D eigenvalue weighted by Gasteiger charge is -2.08. The first-order chi connectivity index (χ1) is 15.1. The number of fused-ring (bicyclic) bond motifs is 1. The summed E-state index contributed by atoms with van der Waals surface area (Å²) in [5.74, 6) is 0.344. The SMILES string of the molecule is NC(=O)c1ccccc1CC=Cc1cccc(OCc2ccc3ccc(Cl)cc3n2)c1. The lowest BCUT2D eigenvalue weighted by atomic mass is 10.0. The Morgan fingerprint density at radius 3 is 2.71 bits per heavy atom. The molecule has 4 rings (SSSR count). The van der Waals surface area contributed by atoms with Gasteiger partial charge in [-0.2, -0.15) is 0 Å². The Morgan fingerprint density at radius 1 is 1.00 bits per heavy atom. The first-order valence-electron chi connectivity index (χ1n) is 9.91. The monoisotopic (exact) mass is 428 g/mol. The first kappa shape index (κ1) is 20.6. The number of nitrogens with two attached hydrogens (primary N) is 1. The number of pyridine rings is 1. The zero-order chi connectivity index (χ0) is 21.6. The van der Waals surface area contributed by atoms with E-state index in [-0.39, 0.29) is 0 Å². The van der Waals surface area contributed by atoms with Gasteiger partial charge < -0.3 is 10.5 Å². The molecule has 0 aliphatic carbocycles. The molecule has 4 nitrogen and oxygen atoms in total. The molecule has 3 aromatic carbocycles. The molecule has 0 atom stereocenters. The van der Waals surface area contributed by atoms with Crippen LogP contribution in [-0.2, 0) is 13.0 Å². The van der Waals surface area contributed by atoms with Gasteiger partial charge in [-0.1, -0.05) is 66.2 Å². The van der Waals surface area contributed by atoms with E-state index >= 15 is 0 Å². The van der Waals surface area contributed by atoms with Gasteiger partial charge in [0.25, 0.3) is 0 Å². The van der Waals surface area contributed by atoms with Gasteiger partial charge in [-0.15, -0.1) is 0 Å². The van der Waals surface area contributed by atoms with Crippen LogP contribution in [-0.4, -0.2) is 10.9 Å². The molecule has 0 saturated carbocycles. The highest BCUT2D eigenvalue weighted by Crippen LogP contribution is 2.20. The largest absolute Gasteiger partial charge is 0.487 e. The average molecular weight is 429 g/mol. The molecule has 1 heterocycles. The molecule has 0 aliphatic heterocycles. The van der Waals surface area contributed by atoms with E-state index in [1.807, 2.05) is 84.9 Å². The molecular weight excluding hydrogens is 408 g/mol. The summed E-state index contributed by atoms with van der Waals surface area (Å²) >= 11 is 6.07. The molecule has 1 aromatic heterocycles. The number of ether oxygens (including phenoxy) is 1.